The second-order valence-corrected chi connectivity index (χ2v) is 7.90. The molecule has 2 aromatic heterocycles. The molecule has 0 unspecified atom stereocenters. The largest absolute Gasteiger partial charge is 0.494 e. The van der Waals surface area contributed by atoms with Gasteiger partial charge >= 0.3 is 6.09 Å². The minimum absolute atomic E-state index is 0.0354. The van der Waals surface area contributed by atoms with Crippen LogP contribution in [-0.4, -0.2) is 37.8 Å². The maximum absolute atomic E-state index is 13.4. The molecule has 3 aromatic rings. The zero-order valence-electron chi connectivity index (χ0n) is 18.4. The van der Waals surface area contributed by atoms with Crippen molar-refractivity contribution in [3.8, 4) is 5.75 Å². The maximum atomic E-state index is 13.4. The van der Waals surface area contributed by atoms with E-state index in [0.29, 0.717) is 35.1 Å². The van der Waals surface area contributed by atoms with Crippen LogP contribution in [0.15, 0.2) is 30.5 Å². The third-order valence-electron chi connectivity index (χ3n) is 4.47. The van der Waals surface area contributed by atoms with E-state index in [1.165, 1.54) is 21.5 Å². The summed E-state index contributed by atoms with van der Waals surface area (Å²) in [5.41, 5.74) is 0.698. The molecule has 0 bridgehead atoms. The summed E-state index contributed by atoms with van der Waals surface area (Å²) in [6.07, 6.45) is 0.773. The maximum Gasteiger partial charge on any atom is 0.420 e. The number of rotatable bonds is 5. The Morgan fingerprint density at radius 2 is 1.97 bits per heavy atom. The van der Waals surface area contributed by atoms with E-state index < -0.39 is 16.6 Å². The quantitative estimate of drug-likeness (QED) is 0.427. The number of anilines is 2. The van der Waals surface area contributed by atoms with Crippen molar-refractivity contribution in [1.29, 1.82) is 0 Å². The van der Waals surface area contributed by atoms with Gasteiger partial charge in [0.1, 0.15) is 17.0 Å². The third kappa shape index (κ3) is 4.42. The van der Waals surface area contributed by atoms with Gasteiger partial charge < -0.3 is 9.47 Å². The Hall–Kier alpha value is -3.69. The normalized spacial score (nSPS) is 11.4. The van der Waals surface area contributed by atoms with Gasteiger partial charge in [0.05, 0.1) is 23.8 Å². The van der Waals surface area contributed by atoms with E-state index >= 15 is 0 Å². The Labute approximate surface area is 179 Å². The van der Waals surface area contributed by atoms with Gasteiger partial charge in [0.2, 0.25) is 0 Å². The molecule has 164 valence electrons. The van der Waals surface area contributed by atoms with Crippen LogP contribution in [0.4, 0.5) is 22.0 Å². The zero-order chi connectivity index (χ0) is 22.9. The average Bonchev–Trinajstić information content (AvgIpc) is 3.12. The van der Waals surface area contributed by atoms with Crippen LogP contribution in [0.3, 0.4) is 0 Å². The molecule has 0 N–H and O–H groups in total. The van der Waals surface area contributed by atoms with Crippen LogP contribution in [0.1, 0.15) is 39.0 Å². The lowest BCUT2D eigenvalue weighted by molar-refractivity contribution is -0.384. The molecule has 0 spiro atoms. The predicted molar refractivity (Wildman–Crippen MR) is 115 cm³/mol. The number of nitro groups is 1. The molecule has 3 rings (SSSR count). The summed E-state index contributed by atoms with van der Waals surface area (Å²) in [5.74, 6) is 0.642. The van der Waals surface area contributed by atoms with Crippen molar-refractivity contribution in [2.24, 2.45) is 0 Å². The average molecular weight is 427 g/mol. The Morgan fingerprint density at radius 1 is 1.26 bits per heavy atom. The summed E-state index contributed by atoms with van der Waals surface area (Å²) in [4.78, 5) is 30.4. The lowest BCUT2D eigenvalue weighted by Crippen LogP contribution is -2.36. The molecule has 0 aliphatic heterocycles. The first-order valence-corrected chi connectivity index (χ1v) is 9.78. The van der Waals surface area contributed by atoms with Crippen LogP contribution in [-0.2, 0) is 4.74 Å². The van der Waals surface area contributed by atoms with E-state index in [4.69, 9.17) is 9.47 Å². The highest BCUT2D eigenvalue weighted by molar-refractivity contribution is 5.99. The number of hydrogen-bond acceptors (Lipinski definition) is 7. The Morgan fingerprint density at radius 3 is 2.58 bits per heavy atom. The van der Waals surface area contributed by atoms with Crippen LogP contribution in [0.2, 0.25) is 0 Å². The summed E-state index contributed by atoms with van der Waals surface area (Å²) < 4.78 is 12.5. The molecule has 1 amide bonds. The summed E-state index contributed by atoms with van der Waals surface area (Å²) in [6.45, 7) is 10.9. The van der Waals surface area contributed by atoms with Crippen molar-refractivity contribution >= 4 is 28.9 Å². The number of aromatic nitrogens is 3. The highest BCUT2D eigenvalue weighted by Crippen LogP contribution is 2.39. The molecule has 0 aliphatic carbocycles. The molecule has 0 atom stereocenters. The number of carbonyl (C=O) groups is 1. The minimum atomic E-state index is -0.825. The second-order valence-electron chi connectivity index (χ2n) is 7.90. The van der Waals surface area contributed by atoms with E-state index in [-0.39, 0.29) is 11.4 Å². The zero-order valence-corrected chi connectivity index (χ0v) is 18.4. The summed E-state index contributed by atoms with van der Waals surface area (Å²) in [6, 6.07) is 6.03. The number of hydrogen-bond donors (Lipinski definition) is 0. The van der Waals surface area contributed by atoms with E-state index in [9.17, 15) is 14.9 Å². The van der Waals surface area contributed by atoms with Crippen molar-refractivity contribution < 1.29 is 19.2 Å². The predicted octanol–water partition coefficient (Wildman–Crippen LogP) is 4.73. The molecule has 31 heavy (non-hydrogen) atoms. The van der Waals surface area contributed by atoms with Crippen LogP contribution in [0, 0.1) is 24.0 Å². The Kier molecular flexibility index (Phi) is 5.83. The van der Waals surface area contributed by atoms with Crippen LogP contribution in [0.5, 0.6) is 5.75 Å². The Bertz CT molecular complexity index is 1150. The molecule has 2 heterocycles. The molecular weight excluding hydrogens is 402 g/mol. The number of ether oxygens (including phenoxy) is 2. The number of nitrogens with zero attached hydrogens (tertiary/aromatic N) is 5. The molecule has 0 aliphatic rings. The molecule has 10 nitrogen and oxygen atoms in total. The smallest absolute Gasteiger partial charge is 0.420 e. The summed E-state index contributed by atoms with van der Waals surface area (Å²) in [5, 5.41) is 16.2. The fraction of sp³-hybridized carbons (Fsp3) is 0.381. The van der Waals surface area contributed by atoms with Gasteiger partial charge in [-0.05, 0) is 53.7 Å². The molecule has 0 saturated carbocycles. The highest BCUT2D eigenvalue weighted by Gasteiger charge is 2.34. The van der Waals surface area contributed by atoms with Crippen molar-refractivity contribution in [2.75, 3.05) is 11.5 Å². The van der Waals surface area contributed by atoms with E-state index in [2.05, 4.69) is 10.1 Å². The molecule has 0 fully saturated rings. The molecule has 0 saturated heterocycles. The van der Waals surface area contributed by atoms with E-state index in [0.717, 1.165) is 0 Å². The van der Waals surface area contributed by atoms with Crippen molar-refractivity contribution in [3.63, 3.8) is 0 Å². The molecule has 1 aromatic carbocycles. The van der Waals surface area contributed by atoms with Crippen LogP contribution in [0.25, 0.3) is 5.65 Å². The lowest BCUT2D eigenvalue weighted by Gasteiger charge is -2.28. The number of amides is 1. The number of aryl methyl sites for hydroxylation is 1. The van der Waals surface area contributed by atoms with Gasteiger partial charge in [-0.2, -0.15) is 9.61 Å². The third-order valence-corrected chi connectivity index (χ3v) is 4.47. The van der Waals surface area contributed by atoms with E-state index in [1.54, 1.807) is 59.9 Å². The topological polar surface area (TPSA) is 112 Å². The SMILES string of the molecule is CCOc1ccc(N(C(=O)OC(C)(C)C)c2c(C)c(C)nc3ccnn23)c([N+](=O)[O-])c1. The monoisotopic (exact) mass is 427 g/mol. The molecular formula is C21H25N5O5. The first kappa shape index (κ1) is 22.0. The van der Waals surface area contributed by atoms with Gasteiger partial charge in [0, 0.05) is 17.3 Å². The van der Waals surface area contributed by atoms with Crippen molar-refractivity contribution in [3.05, 3.63) is 51.8 Å². The van der Waals surface area contributed by atoms with E-state index in [1.807, 2.05) is 0 Å². The fourth-order valence-corrected chi connectivity index (χ4v) is 3.08. The Balaban J connectivity index is 2.33. The summed E-state index contributed by atoms with van der Waals surface area (Å²) in [7, 11) is 0. The number of fused-ring (bicyclic) bond motifs is 1. The standard InChI is InChI=1S/C21H25N5O5/c1-7-30-15-8-9-16(17(12-15)26(28)29)24(20(27)31-21(4,5)6)19-13(2)14(3)23-18-10-11-22-25(18)19/h8-12H,7H2,1-6H3. The van der Waals surface area contributed by atoms with Gasteiger partial charge in [0.25, 0.3) is 5.69 Å². The highest BCUT2D eigenvalue weighted by atomic mass is 16.6. The van der Waals surface area contributed by atoms with Crippen molar-refractivity contribution in [2.45, 2.75) is 47.1 Å². The lowest BCUT2D eigenvalue weighted by atomic mass is 10.2. The number of carbonyl (C=O) groups excluding carboxylic acids is 1. The first-order chi connectivity index (χ1) is 14.5. The molecule has 10 heteroatoms. The second kappa shape index (κ2) is 8.21. The van der Waals surface area contributed by atoms with Gasteiger partial charge in [-0.3, -0.25) is 10.1 Å². The fourth-order valence-electron chi connectivity index (χ4n) is 3.08. The van der Waals surface area contributed by atoms with Gasteiger partial charge in [-0.25, -0.2) is 14.7 Å². The first-order valence-electron chi connectivity index (χ1n) is 9.78. The number of benzene rings is 1. The minimum Gasteiger partial charge on any atom is -0.494 e. The summed E-state index contributed by atoms with van der Waals surface area (Å²) >= 11 is 0. The van der Waals surface area contributed by atoms with Crippen molar-refractivity contribution in [1.82, 2.24) is 14.6 Å². The van der Waals surface area contributed by atoms with Gasteiger partial charge in [-0.15, -0.1) is 0 Å². The van der Waals surface area contributed by atoms with Crippen LogP contribution >= 0.6 is 0 Å². The molecule has 0 radical (unpaired) electrons. The van der Waals surface area contributed by atoms with Gasteiger partial charge in [-0.1, -0.05) is 0 Å². The van der Waals surface area contributed by atoms with Crippen LogP contribution < -0.4 is 9.64 Å². The van der Waals surface area contributed by atoms with Gasteiger partial charge in [0.15, 0.2) is 11.5 Å². The number of nitro benzene ring substituents is 1.